The topological polar surface area (TPSA) is 0 Å². The van der Waals surface area contributed by atoms with Gasteiger partial charge in [-0.3, -0.25) is 0 Å². The van der Waals surface area contributed by atoms with Crippen LogP contribution in [0.25, 0.3) is 0 Å². The van der Waals surface area contributed by atoms with Gasteiger partial charge < -0.3 is 0 Å². The lowest BCUT2D eigenvalue weighted by molar-refractivity contribution is 0.407. The molecule has 0 saturated carbocycles. The summed E-state index contributed by atoms with van der Waals surface area (Å²) in [6.07, 6.45) is 4.22. The first-order chi connectivity index (χ1) is 8.04. The number of benzene rings is 1. The molecule has 17 heavy (non-hydrogen) atoms. The molecule has 0 spiro atoms. The van der Waals surface area contributed by atoms with Crippen LogP contribution < -0.4 is 0 Å². The fourth-order valence-corrected chi connectivity index (χ4v) is 2.42. The van der Waals surface area contributed by atoms with Crippen LogP contribution in [0.3, 0.4) is 0 Å². The van der Waals surface area contributed by atoms with E-state index < -0.39 is 0 Å². The highest BCUT2D eigenvalue weighted by atomic mass is 14.2. The first-order valence-corrected chi connectivity index (χ1v) is 6.74. The highest BCUT2D eigenvalue weighted by Crippen LogP contribution is 2.31. The van der Waals surface area contributed by atoms with E-state index in [0.29, 0.717) is 11.8 Å². The van der Waals surface area contributed by atoms with Crippen LogP contribution >= 0.6 is 0 Å². The van der Waals surface area contributed by atoms with Gasteiger partial charge in [-0.15, -0.1) is 6.58 Å². The Morgan fingerprint density at radius 3 is 2.41 bits per heavy atom. The first-order valence-electron chi connectivity index (χ1n) is 6.74. The minimum Gasteiger partial charge on any atom is -0.103 e. The largest absolute Gasteiger partial charge is 0.103 e. The molecule has 0 N–H and O–H groups in total. The van der Waals surface area contributed by atoms with Gasteiger partial charge in [-0.1, -0.05) is 58.0 Å². The molecule has 94 valence electrons. The van der Waals surface area contributed by atoms with Crippen LogP contribution in [0.15, 0.2) is 36.9 Å². The molecule has 0 fully saturated rings. The van der Waals surface area contributed by atoms with Crippen molar-refractivity contribution in [3.05, 3.63) is 48.0 Å². The number of allylic oxidation sites excluding steroid dienone is 1. The van der Waals surface area contributed by atoms with Crippen molar-refractivity contribution in [1.82, 2.24) is 0 Å². The van der Waals surface area contributed by atoms with Crippen molar-refractivity contribution in [2.75, 3.05) is 0 Å². The average Bonchev–Trinajstić information content (AvgIpc) is 2.26. The van der Waals surface area contributed by atoms with Gasteiger partial charge in [0.25, 0.3) is 0 Å². The van der Waals surface area contributed by atoms with Crippen LogP contribution in [-0.2, 0) is 6.42 Å². The van der Waals surface area contributed by atoms with Crippen molar-refractivity contribution < 1.29 is 0 Å². The fraction of sp³-hybridized carbons (Fsp3) is 0.529. The summed E-state index contributed by atoms with van der Waals surface area (Å²) < 4.78 is 0. The summed E-state index contributed by atoms with van der Waals surface area (Å²) in [5.74, 6) is 2.14. The van der Waals surface area contributed by atoms with E-state index in [4.69, 9.17) is 0 Å². The quantitative estimate of drug-likeness (QED) is 0.589. The van der Waals surface area contributed by atoms with E-state index in [1.54, 1.807) is 0 Å². The minimum absolute atomic E-state index is 0.680. The van der Waals surface area contributed by atoms with Crippen molar-refractivity contribution in [2.45, 2.75) is 46.5 Å². The lowest BCUT2D eigenvalue weighted by Crippen LogP contribution is -2.10. The molecule has 1 atom stereocenters. The predicted molar refractivity (Wildman–Crippen MR) is 77.4 cm³/mol. The van der Waals surface area contributed by atoms with Crippen molar-refractivity contribution in [3.8, 4) is 0 Å². The van der Waals surface area contributed by atoms with Crippen LogP contribution in [0, 0.1) is 11.8 Å². The second kappa shape index (κ2) is 6.64. The monoisotopic (exact) mass is 230 g/mol. The summed E-state index contributed by atoms with van der Waals surface area (Å²) in [5.41, 5.74) is 2.87. The Labute approximate surface area is 107 Å². The van der Waals surface area contributed by atoms with E-state index in [0.717, 1.165) is 12.3 Å². The molecule has 1 rings (SSSR count). The van der Waals surface area contributed by atoms with Gasteiger partial charge in [-0.25, -0.2) is 0 Å². The molecule has 0 aliphatic heterocycles. The Bertz CT molecular complexity index is 347. The second-order valence-electron chi connectivity index (χ2n) is 5.72. The maximum atomic E-state index is 3.81. The van der Waals surface area contributed by atoms with Crippen LogP contribution in [-0.4, -0.2) is 0 Å². The molecule has 1 unspecified atom stereocenters. The molecule has 0 radical (unpaired) electrons. The maximum absolute atomic E-state index is 3.81. The summed E-state index contributed by atoms with van der Waals surface area (Å²) in [4.78, 5) is 0. The van der Waals surface area contributed by atoms with Crippen molar-refractivity contribution >= 4 is 0 Å². The molecule has 0 bridgehead atoms. The lowest BCUT2D eigenvalue weighted by Gasteiger charge is -2.23. The molecule has 0 aliphatic rings. The lowest BCUT2D eigenvalue weighted by atomic mass is 9.81. The van der Waals surface area contributed by atoms with E-state index in [2.05, 4.69) is 58.5 Å². The Balaban J connectivity index is 2.92. The fourth-order valence-electron chi connectivity index (χ4n) is 2.42. The Hall–Kier alpha value is -1.04. The third-order valence-corrected chi connectivity index (χ3v) is 3.29. The van der Waals surface area contributed by atoms with Crippen LogP contribution in [0.4, 0.5) is 0 Å². The Morgan fingerprint density at radius 2 is 1.88 bits per heavy atom. The molecule has 1 aromatic carbocycles. The van der Waals surface area contributed by atoms with E-state index in [-0.39, 0.29) is 0 Å². The molecular weight excluding hydrogens is 204 g/mol. The zero-order chi connectivity index (χ0) is 12.8. The third-order valence-electron chi connectivity index (χ3n) is 3.29. The number of rotatable bonds is 6. The van der Waals surface area contributed by atoms with Crippen LogP contribution in [0.5, 0.6) is 0 Å². The van der Waals surface area contributed by atoms with E-state index in [9.17, 15) is 0 Å². The van der Waals surface area contributed by atoms with Gasteiger partial charge >= 0.3 is 0 Å². The van der Waals surface area contributed by atoms with Gasteiger partial charge in [0.05, 0.1) is 0 Å². The van der Waals surface area contributed by atoms with Crippen molar-refractivity contribution in [2.24, 2.45) is 11.8 Å². The normalized spacial score (nSPS) is 13.1. The van der Waals surface area contributed by atoms with E-state index in [1.165, 1.54) is 17.5 Å². The smallest absolute Gasteiger partial charge is 0.0100 e. The van der Waals surface area contributed by atoms with Crippen LogP contribution in [0.2, 0.25) is 0 Å². The first kappa shape index (κ1) is 14.0. The predicted octanol–water partition coefficient (Wildman–Crippen LogP) is 5.20. The van der Waals surface area contributed by atoms with Gasteiger partial charge in [-0.2, -0.15) is 0 Å². The average molecular weight is 230 g/mol. The van der Waals surface area contributed by atoms with Gasteiger partial charge in [0.2, 0.25) is 0 Å². The summed E-state index contributed by atoms with van der Waals surface area (Å²) in [5, 5.41) is 0. The highest BCUT2D eigenvalue weighted by molar-refractivity contribution is 5.28. The summed E-state index contributed by atoms with van der Waals surface area (Å²) in [6.45, 7) is 13.1. The molecule has 0 amide bonds. The molecule has 0 aromatic heterocycles. The SMILES string of the molecule is C=CCc1cccc(C(CC(C)C)C(C)C)c1. The summed E-state index contributed by atoms with van der Waals surface area (Å²) >= 11 is 0. The molecule has 1 aromatic rings. The zero-order valence-corrected chi connectivity index (χ0v) is 11.7. The van der Waals surface area contributed by atoms with Gasteiger partial charge in [0, 0.05) is 0 Å². The van der Waals surface area contributed by atoms with Crippen molar-refractivity contribution in [3.63, 3.8) is 0 Å². The van der Waals surface area contributed by atoms with E-state index in [1.807, 2.05) is 6.08 Å². The summed E-state index contributed by atoms with van der Waals surface area (Å²) in [6, 6.07) is 9.01. The van der Waals surface area contributed by atoms with Crippen LogP contribution in [0.1, 0.15) is 51.2 Å². The molecule has 0 heteroatoms. The zero-order valence-electron chi connectivity index (χ0n) is 11.7. The maximum Gasteiger partial charge on any atom is -0.0100 e. The minimum atomic E-state index is 0.680. The Kier molecular flexibility index (Phi) is 5.47. The molecule has 0 nitrogen and oxygen atoms in total. The molecular formula is C17H26. The molecule has 0 aliphatic carbocycles. The van der Waals surface area contributed by atoms with Gasteiger partial charge in [-0.05, 0) is 41.7 Å². The van der Waals surface area contributed by atoms with Crippen molar-refractivity contribution in [1.29, 1.82) is 0 Å². The number of hydrogen-bond acceptors (Lipinski definition) is 0. The van der Waals surface area contributed by atoms with Gasteiger partial charge in [0.15, 0.2) is 0 Å². The van der Waals surface area contributed by atoms with E-state index >= 15 is 0 Å². The Morgan fingerprint density at radius 1 is 1.18 bits per heavy atom. The molecule has 0 heterocycles. The summed E-state index contributed by atoms with van der Waals surface area (Å²) in [7, 11) is 0. The number of hydrogen-bond donors (Lipinski definition) is 0. The second-order valence-corrected chi connectivity index (χ2v) is 5.72. The van der Waals surface area contributed by atoms with Gasteiger partial charge in [0.1, 0.15) is 0 Å². The highest BCUT2D eigenvalue weighted by Gasteiger charge is 2.17. The standard InChI is InChI=1S/C17H26/c1-6-8-15-9-7-10-16(12-15)17(14(4)5)11-13(2)3/h6-7,9-10,12-14,17H,1,8,11H2,2-5H3. The molecule has 0 saturated heterocycles. The third kappa shape index (κ3) is 4.38.